The molecule has 0 spiro atoms. The van der Waals surface area contributed by atoms with Crippen molar-refractivity contribution in [1.82, 2.24) is 0 Å². The molecule has 0 bridgehead atoms. The van der Waals surface area contributed by atoms with Gasteiger partial charge < -0.3 is 10.5 Å². The molecule has 0 aromatic carbocycles. The fraction of sp³-hybridized carbons (Fsp3) is 0.917. The number of hydrogen-bond acceptors (Lipinski definition) is 3. The van der Waals surface area contributed by atoms with E-state index in [4.69, 9.17) is 10.5 Å². The lowest BCUT2D eigenvalue weighted by molar-refractivity contribution is -0.128. The van der Waals surface area contributed by atoms with E-state index in [0.29, 0.717) is 24.9 Å². The van der Waals surface area contributed by atoms with Crippen LogP contribution in [0.5, 0.6) is 0 Å². The third-order valence-corrected chi connectivity index (χ3v) is 3.62. The van der Waals surface area contributed by atoms with Gasteiger partial charge in [0.2, 0.25) is 0 Å². The van der Waals surface area contributed by atoms with Crippen molar-refractivity contribution in [2.75, 3.05) is 13.2 Å². The highest BCUT2D eigenvalue weighted by Crippen LogP contribution is 2.25. The Morgan fingerprint density at radius 1 is 1.60 bits per heavy atom. The summed E-state index contributed by atoms with van der Waals surface area (Å²) in [7, 11) is 0. The lowest BCUT2D eigenvalue weighted by Crippen LogP contribution is -2.35. The van der Waals surface area contributed by atoms with Crippen LogP contribution in [0.3, 0.4) is 0 Å². The van der Waals surface area contributed by atoms with Crippen molar-refractivity contribution in [2.24, 2.45) is 11.1 Å². The molecular weight excluding hydrogens is 190 g/mol. The van der Waals surface area contributed by atoms with Crippen LogP contribution in [0, 0.1) is 5.41 Å². The van der Waals surface area contributed by atoms with Crippen LogP contribution in [-0.4, -0.2) is 25.0 Å². The molecule has 0 saturated carbocycles. The Labute approximate surface area is 92.4 Å². The molecule has 1 heterocycles. The largest absolute Gasteiger partial charge is 0.378 e. The molecule has 0 radical (unpaired) electrons. The number of carbonyl (C=O) groups excluding carboxylic acids is 1. The van der Waals surface area contributed by atoms with Gasteiger partial charge in [0.15, 0.2) is 0 Å². The van der Waals surface area contributed by atoms with E-state index in [1.54, 1.807) is 0 Å². The zero-order valence-corrected chi connectivity index (χ0v) is 9.92. The van der Waals surface area contributed by atoms with Gasteiger partial charge in [-0.3, -0.25) is 4.79 Å². The number of carbonyl (C=O) groups is 1. The molecule has 0 aliphatic carbocycles. The van der Waals surface area contributed by atoms with Crippen LogP contribution in [0.25, 0.3) is 0 Å². The van der Waals surface area contributed by atoms with E-state index in [0.717, 1.165) is 32.3 Å². The van der Waals surface area contributed by atoms with Gasteiger partial charge in [-0.15, -0.1) is 0 Å². The first-order valence-electron chi connectivity index (χ1n) is 5.97. The third-order valence-electron chi connectivity index (χ3n) is 3.62. The fourth-order valence-electron chi connectivity index (χ4n) is 1.92. The van der Waals surface area contributed by atoms with Crippen molar-refractivity contribution < 1.29 is 9.53 Å². The lowest BCUT2D eigenvalue weighted by atomic mass is 9.81. The molecule has 3 heteroatoms. The number of nitrogens with two attached hydrogens (primary N) is 1. The van der Waals surface area contributed by atoms with E-state index in [9.17, 15) is 4.79 Å². The van der Waals surface area contributed by atoms with Crippen molar-refractivity contribution in [3.8, 4) is 0 Å². The van der Waals surface area contributed by atoms with Gasteiger partial charge in [-0.05, 0) is 25.7 Å². The normalized spacial score (nSPS) is 25.1. The van der Waals surface area contributed by atoms with Gasteiger partial charge in [0.25, 0.3) is 0 Å². The molecule has 3 nitrogen and oxygen atoms in total. The quantitative estimate of drug-likeness (QED) is 0.733. The molecule has 1 fully saturated rings. The van der Waals surface area contributed by atoms with E-state index in [1.165, 1.54) is 0 Å². The van der Waals surface area contributed by atoms with Crippen molar-refractivity contribution in [3.05, 3.63) is 0 Å². The molecule has 15 heavy (non-hydrogen) atoms. The molecule has 2 atom stereocenters. The molecule has 1 aliphatic heterocycles. The number of rotatable bonds is 6. The molecule has 0 aromatic heterocycles. The Morgan fingerprint density at radius 3 is 2.80 bits per heavy atom. The molecule has 1 rings (SSSR count). The third kappa shape index (κ3) is 3.28. The summed E-state index contributed by atoms with van der Waals surface area (Å²) in [6.45, 7) is 5.30. The van der Waals surface area contributed by atoms with E-state index in [-0.39, 0.29) is 5.41 Å². The minimum atomic E-state index is -0.321. The summed E-state index contributed by atoms with van der Waals surface area (Å²) in [5.74, 6) is 0.294. The Hall–Kier alpha value is -0.410. The number of ether oxygens (including phenoxy) is 1. The Morgan fingerprint density at radius 2 is 2.33 bits per heavy atom. The van der Waals surface area contributed by atoms with Gasteiger partial charge >= 0.3 is 0 Å². The molecule has 1 saturated heterocycles. The smallest absolute Gasteiger partial charge is 0.140 e. The first-order chi connectivity index (χ1) is 7.12. The summed E-state index contributed by atoms with van der Waals surface area (Å²) in [5, 5.41) is 0. The van der Waals surface area contributed by atoms with Gasteiger partial charge in [0.1, 0.15) is 5.78 Å². The highest BCUT2D eigenvalue weighted by Gasteiger charge is 2.29. The van der Waals surface area contributed by atoms with E-state index >= 15 is 0 Å². The minimum absolute atomic E-state index is 0.294. The van der Waals surface area contributed by atoms with Crippen LogP contribution < -0.4 is 5.73 Å². The molecule has 2 unspecified atom stereocenters. The second-order valence-corrected chi connectivity index (χ2v) is 4.72. The zero-order valence-electron chi connectivity index (χ0n) is 9.92. The molecular formula is C12H23NO2. The maximum Gasteiger partial charge on any atom is 0.140 e. The molecule has 88 valence electrons. The second-order valence-electron chi connectivity index (χ2n) is 4.72. The monoisotopic (exact) mass is 213 g/mol. The number of hydrogen-bond donors (Lipinski definition) is 1. The van der Waals surface area contributed by atoms with Crippen LogP contribution in [0.4, 0.5) is 0 Å². The summed E-state index contributed by atoms with van der Waals surface area (Å²) < 4.78 is 5.50. The van der Waals surface area contributed by atoms with Crippen molar-refractivity contribution in [3.63, 3.8) is 0 Å². The van der Waals surface area contributed by atoms with Crippen molar-refractivity contribution >= 4 is 5.78 Å². The maximum absolute atomic E-state index is 11.9. The maximum atomic E-state index is 11.9. The standard InChI is InChI=1S/C12H23NO2/c1-3-12(2,9-13)11(14)7-6-10-5-4-8-15-10/h10H,3-9,13H2,1-2H3. The molecule has 2 N–H and O–H groups in total. The Bertz CT molecular complexity index is 206. The Kier molecular flexibility index (Phi) is 4.74. The first-order valence-corrected chi connectivity index (χ1v) is 5.97. The van der Waals surface area contributed by atoms with E-state index in [2.05, 4.69) is 0 Å². The zero-order chi connectivity index (χ0) is 11.3. The van der Waals surface area contributed by atoms with Crippen LogP contribution >= 0.6 is 0 Å². The second kappa shape index (κ2) is 5.61. The van der Waals surface area contributed by atoms with Gasteiger partial charge in [0, 0.05) is 25.0 Å². The molecule has 1 aliphatic rings. The fourth-order valence-corrected chi connectivity index (χ4v) is 1.92. The summed E-state index contributed by atoms with van der Waals surface area (Å²) in [6, 6.07) is 0. The number of ketones is 1. The highest BCUT2D eigenvalue weighted by atomic mass is 16.5. The summed E-state index contributed by atoms with van der Waals surface area (Å²) in [6.07, 6.45) is 4.88. The predicted octanol–water partition coefficient (Wildman–Crippen LogP) is 1.89. The topological polar surface area (TPSA) is 52.3 Å². The average molecular weight is 213 g/mol. The molecule has 0 amide bonds. The highest BCUT2D eigenvalue weighted by molar-refractivity contribution is 5.84. The Balaban J connectivity index is 2.33. The van der Waals surface area contributed by atoms with Crippen molar-refractivity contribution in [1.29, 1.82) is 0 Å². The van der Waals surface area contributed by atoms with Crippen LogP contribution in [0.15, 0.2) is 0 Å². The van der Waals surface area contributed by atoms with Gasteiger partial charge in [0.05, 0.1) is 6.10 Å². The first kappa shape index (κ1) is 12.7. The van der Waals surface area contributed by atoms with Gasteiger partial charge in [-0.1, -0.05) is 13.8 Å². The minimum Gasteiger partial charge on any atom is -0.378 e. The van der Waals surface area contributed by atoms with Gasteiger partial charge in [-0.25, -0.2) is 0 Å². The lowest BCUT2D eigenvalue weighted by Gasteiger charge is -2.25. The summed E-state index contributed by atoms with van der Waals surface area (Å²) in [4.78, 5) is 11.9. The summed E-state index contributed by atoms with van der Waals surface area (Å²) in [5.41, 5.74) is 5.33. The van der Waals surface area contributed by atoms with Crippen LogP contribution in [0.2, 0.25) is 0 Å². The van der Waals surface area contributed by atoms with E-state index < -0.39 is 0 Å². The average Bonchev–Trinajstić information content (AvgIpc) is 2.77. The van der Waals surface area contributed by atoms with Crippen LogP contribution in [-0.2, 0) is 9.53 Å². The van der Waals surface area contributed by atoms with E-state index in [1.807, 2.05) is 13.8 Å². The van der Waals surface area contributed by atoms with Crippen LogP contribution in [0.1, 0.15) is 46.0 Å². The predicted molar refractivity (Wildman–Crippen MR) is 60.7 cm³/mol. The molecule has 0 aromatic rings. The SMILES string of the molecule is CCC(C)(CN)C(=O)CCC1CCCO1. The number of Topliss-reactive ketones (excluding diaryl/α,β-unsaturated/α-hetero) is 1. The van der Waals surface area contributed by atoms with Gasteiger partial charge in [-0.2, -0.15) is 0 Å². The van der Waals surface area contributed by atoms with Crippen molar-refractivity contribution in [2.45, 2.75) is 52.1 Å². The summed E-state index contributed by atoms with van der Waals surface area (Å²) >= 11 is 0.